The van der Waals surface area contributed by atoms with Gasteiger partial charge in [-0.3, -0.25) is 14.9 Å². The highest BCUT2D eigenvalue weighted by Gasteiger charge is 2.44. The molecule has 1 saturated heterocycles. The first kappa shape index (κ1) is 16.7. The third kappa shape index (κ3) is 2.66. The number of piperidine rings is 1. The molecule has 2 heterocycles. The smallest absolute Gasteiger partial charge is 0.269 e. The van der Waals surface area contributed by atoms with Gasteiger partial charge in [-0.1, -0.05) is 17.7 Å². The van der Waals surface area contributed by atoms with Crippen molar-refractivity contribution in [2.75, 3.05) is 25.0 Å². The molecule has 6 nitrogen and oxygen atoms in total. The van der Waals surface area contributed by atoms with Crippen LogP contribution in [-0.2, 0) is 0 Å². The van der Waals surface area contributed by atoms with Crippen molar-refractivity contribution in [3.05, 3.63) is 69.3 Å². The molecule has 0 radical (unpaired) electrons. The summed E-state index contributed by atoms with van der Waals surface area (Å²) in [4.78, 5) is 27.9. The van der Waals surface area contributed by atoms with Crippen molar-refractivity contribution < 1.29 is 9.72 Å². The number of nitro benzene ring substituents is 1. The molecule has 2 aliphatic heterocycles. The van der Waals surface area contributed by atoms with Crippen LogP contribution >= 0.6 is 0 Å². The number of hydrogen-bond acceptors (Lipinski definition) is 4. The monoisotopic (exact) mass is 351 g/mol. The zero-order chi connectivity index (χ0) is 18.4. The molecule has 2 atom stereocenters. The Hall–Kier alpha value is -2.73. The van der Waals surface area contributed by atoms with Gasteiger partial charge in [-0.15, -0.1) is 0 Å². The van der Waals surface area contributed by atoms with Gasteiger partial charge in [0.25, 0.3) is 11.6 Å². The van der Waals surface area contributed by atoms with Gasteiger partial charge in [0.1, 0.15) is 0 Å². The molecule has 2 aromatic rings. The summed E-state index contributed by atoms with van der Waals surface area (Å²) < 4.78 is 0. The molecule has 0 spiro atoms. The van der Waals surface area contributed by atoms with Crippen LogP contribution in [0.4, 0.5) is 11.4 Å². The average Bonchev–Trinajstić information content (AvgIpc) is 2.94. The van der Waals surface area contributed by atoms with E-state index in [1.807, 2.05) is 17.0 Å². The van der Waals surface area contributed by atoms with Gasteiger partial charge in [0.2, 0.25) is 0 Å². The van der Waals surface area contributed by atoms with Crippen LogP contribution in [0.5, 0.6) is 0 Å². The van der Waals surface area contributed by atoms with Crippen molar-refractivity contribution in [3.63, 3.8) is 0 Å². The van der Waals surface area contributed by atoms with Gasteiger partial charge in [0.05, 0.1) is 4.92 Å². The Balaban J connectivity index is 1.73. The van der Waals surface area contributed by atoms with Crippen LogP contribution in [0.15, 0.2) is 42.5 Å². The van der Waals surface area contributed by atoms with Crippen molar-refractivity contribution in [2.24, 2.45) is 0 Å². The van der Waals surface area contributed by atoms with E-state index in [2.05, 4.69) is 24.9 Å². The Labute approximate surface area is 152 Å². The maximum atomic E-state index is 13.3. The maximum absolute atomic E-state index is 13.3. The molecule has 6 heteroatoms. The van der Waals surface area contributed by atoms with E-state index < -0.39 is 4.92 Å². The molecule has 2 aliphatic rings. The second-order valence-electron chi connectivity index (χ2n) is 7.27. The predicted molar refractivity (Wildman–Crippen MR) is 99.7 cm³/mol. The van der Waals surface area contributed by atoms with Gasteiger partial charge in [-0.2, -0.15) is 0 Å². The fourth-order valence-corrected chi connectivity index (χ4v) is 4.21. The number of carbonyl (C=O) groups excluding carboxylic acids is 1. The Morgan fingerprint density at radius 1 is 1.19 bits per heavy atom. The van der Waals surface area contributed by atoms with Crippen molar-refractivity contribution >= 4 is 17.3 Å². The number of rotatable bonds is 2. The highest BCUT2D eigenvalue weighted by atomic mass is 16.6. The molecule has 0 aliphatic carbocycles. The number of hydrogen-bond donors (Lipinski definition) is 0. The minimum atomic E-state index is -0.449. The van der Waals surface area contributed by atoms with Crippen LogP contribution in [0.3, 0.4) is 0 Å². The number of carbonyl (C=O) groups is 1. The number of likely N-dealkylation sites (N-methyl/N-ethyl adjacent to an activating group) is 1. The zero-order valence-corrected chi connectivity index (χ0v) is 14.9. The van der Waals surface area contributed by atoms with Crippen LogP contribution in [0.25, 0.3) is 0 Å². The lowest BCUT2D eigenvalue weighted by atomic mass is 9.88. The third-order valence-corrected chi connectivity index (χ3v) is 5.50. The second-order valence-corrected chi connectivity index (χ2v) is 7.27. The number of aryl methyl sites for hydroxylation is 1. The molecule has 1 fully saturated rings. The average molecular weight is 351 g/mol. The molecule has 26 heavy (non-hydrogen) atoms. The number of non-ortho nitro benzene ring substituents is 1. The fraction of sp³-hybridized carbons (Fsp3) is 0.350. The third-order valence-electron chi connectivity index (χ3n) is 5.50. The zero-order valence-electron chi connectivity index (χ0n) is 14.9. The molecule has 4 rings (SSSR count). The van der Waals surface area contributed by atoms with Gasteiger partial charge >= 0.3 is 0 Å². The molecule has 2 aromatic carbocycles. The lowest BCUT2D eigenvalue weighted by Crippen LogP contribution is -2.47. The van der Waals surface area contributed by atoms with E-state index in [0.717, 1.165) is 25.2 Å². The Bertz CT molecular complexity index is 878. The number of anilines is 1. The highest BCUT2D eigenvalue weighted by Crippen LogP contribution is 2.45. The first-order valence-corrected chi connectivity index (χ1v) is 8.83. The quantitative estimate of drug-likeness (QED) is 0.615. The van der Waals surface area contributed by atoms with Gasteiger partial charge < -0.3 is 9.80 Å². The van der Waals surface area contributed by atoms with Gasteiger partial charge in [-0.05, 0) is 50.7 Å². The highest BCUT2D eigenvalue weighted by molar-refractivity contribution is 6.08. The SMILES string of the molecule is Cc1ccc2c(c1)C1CN(C)CCC1N2C(=O)c1ccc([N+](=O)[O-])cc1. The number of likely N-dealkylation sites (tertiary alicyclic amines) is 1. The summed E-state index contributed by atoms with van der Waals surface area (Å²) in [6.07, 6.45) is 0.924. The largest absolute Gasteiger partial charge is 0.306 e. The molecule has 2 unspecified atom stereocenters. The molecule has 0 saturated carbocycles. The van der Waals surface area contributed by atoms with E-state index in [1.54, 1.807) is 12.1 Å². The second kappa shape index (κ2) is 6.21. The maximum Gasteiger partial charge on any atom is 0.269 e. The summed E-state index contributed by atoms with van der Waals surface area (Å²) in [5.41, 5.74) is 3.89. The normalized spacial score (nSPS) is 22.0. The van der Waals surface area contributed by atoms with Crippen molar-refractivity contribution in [2.45, 2.75) is 25.3 Å². The van der Waals surface area contributed by atoms with E-state index in [4.69, 9.17) is 0 Å². The lowest BCUT2D eigenvalue weighted by Gasteiger charge is -2.36. The van der Waals surface area contributed by atoms with E-state index in [9.17, 15) is 14.9 Å². The standard InChI is InChI=1S/C20H21N3O3/c1-13-3-8-18-16(11-13)17-12-21(2)10-9-19(17)22(18)20(24)14-4-6-15(7-5-14)23(25)26/h3-8,11,17,19H,9-10,12H2,1-2H3. The molecule has 0 bridgehead atoms. The molecule has 0 N–H and O–H groups in total. The van der Waals surface area contributed by atoms with E-state index >= 15 is 0 Å². The Morgan fingerprint density at radius 3 is 2.62 bits per heavy atom. The topological polar surface area (TPSA) is 66.7 Å². The molecule has 0 aromatic heterocycles. The van der Waals surface area contributed by atoms with E-state index in [-0.39, 0.29) is 17.6 Å². The molecule has 134 valence electrons. The van der Waals surface area contributed by atoms with E-state index in [0.29, 0.717) is 11.5 Å². The number of nitrogens with zero attached hydrogens (tertiary/aromatic N) is 3. The van der Waals surface area contributed by atoms with Crippen molar-refractivity contribution in [3.8, 4) is 0 Å². The number of fused-ring (bicyclic) bond motifs is 3. The van der Waals surface area contributed by atoms with Crippen LogP contribution in [0.2, 0.25) is 0 Å². The summed E-state index contributed by atoms with van der Waals surface area (Å²) in [7, 11) is 2.12. The van der Waals surface area contributed by atoms with Crippen LogP contribution in [0.1, 0.15) is 33.8 Å². The summed E-state index contributed by atoms with van der Waals surface area (Å²) in [6.45, 7) is 3.96. The lowest BCUT2D eigenvalue weighted by molar-refractivity contribution is -0.384. The molecular formula is C20H21N3O3. The fourth-order valence-electron chi connectivity index (χ4n) is 4.21. The van der Waals surface area contributed by atoms with Crippen LogP contribution in [0, 0.1) is 17.0 Å². The molecular weight excluding hydrogens is 330 g/mol. The van der Waals surface area contributed by atoms with Crippen molar-refractivity contribution in [1.29, 1.82) is 0 Å². The number of amides is 1. The van der Waals surface area contributed by atoms with Gasteiger partial charge in [-0.25, -0.2) is 0 Å². The summed E-state index contributed by atoms with van der Waals surface area (Å²) in [5, 5.41) is 10.9. The Kier molecular flexibility index (Phi) is 4.00. The van der Waals surface area contributed by atoms with E-state index in [1.165, 1.54) is 23.3 Å². The minimum Gasteiger partial charge on any atom is -0.306 e. The minimum absolute atomic E-state index is 0.00355. The van der Waals surface area contributed by atoms with Crippen molar-refractivity contribution in [1.82, 2.24) is 4.90 Å². The first-order valence-electron chi connectivity index (χ1n) is 8.83. The molecule has 1 amide bonds. The van der Waals surface area contributed by atoms with Gasteiger partial charge in [0.15, 0.2) is 0 Å². The first-order chi connectivity index (χ1) is 12.5. The number of benzene rings is 2. The summed E-state index contributed by atoms with van der Waals surface area (Å²) >= 11 is 0. The van der Waals surface area contributed by atoms with Crippen LogP contribution in [-0.4, -0.2) is 41.9 Å². The van der Waals surface area contributed by atoms with Crippen LogP contribution < -0.4 is 4.90 Å². The predicted octanol–water partition coefficient (Wildman–Crippen LogP) is 3.35. The van der Waals surface area contributed by atoms with Gasteiger partial charge in [0, 0.05) is 41.9 Å². The Morgan fingerprint density at radius 2 is 1.92 bits per heavy atom. The summed E-state index contributed by atoms with van der Waals surface area (Å²) in [6, 6.07) is 12.3. The number of nitro groups is 1. The summed E-state index contributed by atoms with van der Waals surface area (Å²) in [5.74, 6) is 0.229.